The summed E-state index contributed by atoms with van der Waals surface area (Å²) in [5.41, 5.74) is 0.0798. The SMILES string of the molecule is O=C(CCCNC(=O)c1ccccc1)Nc1c(F)cccc1F. The summed E-state index contributed by atoms with van der Waals surface area (Å²) in [6, 6.07) is 12.0. The van der Waals surface area contributed by atoms with Gasteiger partial charge in [0.2, 0.25) is 5.91 Å². The highest BCUT2D eigenvalue weighted by molar-refractivity contribution is 5.94. The summed E-state index contributed by atoms with van der Waals surface area (Å²) in [4.78, 5) is 23.4. The molecule has 120 valence electrons. The molecule has 0 unspecified atom stereocenters. The summed E-state index contributed by atoms with van der Waals surface area (Å²) in [6.07, 6.45) is 0.406. The van der Waals surface area contributed by atoms with Crippen LogP contribution < -0.4 is 10.6 Å². The lowest BCUT2D eigenvalue weighted by atomic mass is 10.2. The predicted octanol–water partition coefficient (Wildman–Crippen LogP) is 3.11. The zero-order valence-electron chi connectivity index (χ0n) is 12.3. The zero-order chi connectivity index (χ0) is 16.7. The normalized spacial score (nSPS) is 10.2. The zero-order valence-corrected chi connectivity index (χ0v) is 12.3. The first-order chi connectivity index (χ1) is 11.1. The first-order valence-corrected chi connectivity index (χ1v) is 7.15. The average Bonchev–Trinajstić information content (AvgIpc) is 2.56. The molecule has 0 atom stereocenters. The van der Waals surface area contributed by atoms with Crippen LogP contribution in [0.25, 0.3) is 0 Å². The Morgan fingerprint density at radius 1 is 0.913 bits per heavy atom. The Hall–Kier alpha value is -2.76. The third-order valence-corrected chi connectivity index (χ3v) is 3.13. The van der Waals surface area contributed by atoms with Gasteiger partial charge in [0.25, 0.3) is 5.91 Å². The molecular weight excluding hydrogens is 302 g/mol. The van der Waals surface area contributed by atoms with Gasteiger partial charge in [-0.2, -0.15) is 0 Å². The summed E-state index contributed by atoms with van der Waals surface area (Å²) in [5, 5.41) is 4.87. The summed E-state index contributed by atoms with van der Waals surface area (Å²) in [7, 11) is 0. The molecule has 2 amide bonds. The molecule has 0 aliphatic heterocycles. The molecule has 2 rings (SSSR count). The van der Waals surface area contributed by atoms with Gasteiger partial charge in [-0.3, -0.25) is 9.59 Å². The van der Waals surface area contributed by atoms with Crippen LogP contribution in [0.4, 0.5) is 14.5 Å². The number of anilines is 1. The van der Waals surface area contributed by atoms with Crippen LogP contribution in [0.5, 0.6) is 0 Å². The van der Waals surface area contributed by atoms with Crippen LogP contribution in [0.15, 0.2) is 48.5 Å². The first-order valence-electron chi connectivity index (χ1n) is 7.15. The maximum Gasteiger partial charge on any atom is 0.251 e. The fourth-order valence-electron chi connectivity index (χ4n) is 1.96. The number of carbonyl (C=O) groups is 2. The van der Waals surface area contributed by atoms with Crippen molar-refractivity contribution in [2.24, 2.45) is 0 Å². The van der Waals surface area contributed by atoms with Gasteiger partial charge in [-0.25, -0.2) is 8.78 Å². The largest absolute Gasteiger partial charge is 0.352 e. The summed E-state index contributed by atoms with van der Waals surface area (Å²) < 4.78 is 26.8. The fraction of sp³-hybridized carbons (Fsp3) is 0.176. The Bertz CT molecular complexity index is 670. The van der Waals surface area contributed by atoms with E-state index in [1.54, 1.807) is 24.3 Å². The monoisotopic (exact) mass is 318 g/mol. The van der Waals surface area contributed by atoms with Crippen molar-refractivity contribution in [2.45, 2.75) is 12.8 Å². The second kappa shape index (κ2) is 8.03. The number of hydrogen-bond acceptors (Lipinski definition) is 2. The van der Waals surface area contributed by atoms with E-state index in [1.165, 1.54) is 6.07 Å². The van der Waals surface area contributed by atoms with Crippen LogP contribution in [-0.2, 0) is 4.79 Å². The number of rotatable bonds is 6. The number of nitrogens with one attached hydrogen (secondary N) is 2. The van der Waals surface area contributed by atoms with Crippen molar-refractivity contribution in [2.75, 3.05) is 11.9 Å². The molecule has 0 bridgehead atoms. The maximum absolute atomic E-state index is 13.4. The van der Waals surface area contributed by atoms with E-state index in [9.17, 15) is 18.4 Å². The Labute approximate surface area is 132 Å². The van der Waals surface area contributed by atoms with Crippen molar-refractivity contribution in [3.05, 3.63) is 65.7 Å². The van der Waals surface area contributed by atoms with Gasteiger partial charge in [0, 0.05) is 18.5 Å². The maximum atomic E-state index is 13.4. The van der Waals surface area contributed by atoms with Crippen LogP contribution in [0.3, 0.4) is 0 Å². The molecule has 2 N–H and O–H groups in total. The van der Waals surface area contributed by atoms with Gasteiger partial charge in [0.15, 0.2) is 0 Å². The lowest BCUT2D eigenvalue weighted by Crippen LogP contribution is -2.25. The lowest BCUT2D eigenvalue weighted by molar-refractivity contribution is -0.116. The molecule has 0 saturated heterocycles. The molecule has 0 fully saturated rings. The molecule has 2 aromatic rings. The van der Waals surface area contributed by atoms with Crippen LogP contribution >= 0.6 is 0 Å². The van der Waals surface area contributed by atoms with Crippen molar-refractivity contribution in [3.63, 3.8) is 0 Å². The van der Waals surface area contributed by atoms with Crippen LogP contribution in [-0.4, -0.2) is 18.4 Å². The van der Waals surface area contributed by atoms with E-state index in [2.05, 4.69) is 10.6 Å². The summed E-state index contributed by atoms with van der Waals surface area (Å²) in [5.74, 6) is -2.39. The number of amides is 2. The van der Waals surface area contributed by atoms with Crippen molar-refractivity contribution >= 4 is 17.5 Å². The van der Waals surface area contributed by atoms with Gasteiger partial charge >= 0.3 is 0 Å². The standard InChI is InChI=1S/C17H16F2N2O2/c18-13-8-4-9-14(19)16(13)21-15(22)10-5-11-20-17(23)12-6-2-1-3-7-12/h1-4,6-9H,5,10-11H2,(H,20,23)(H,21,22). The molecule has 0 spiro atoms. The molecule has 0 radical (unpaired) electrons. The van der Waals surface area contributed by atoms with Gasteiger partial charge in [-0.05, 0) is 30.7 Å². The fourth-order valence-corrected chi connectivity index (χ4v) is 1.96. The predicted molar refractivity (Wildman–Crippen MR) is 83.0 cm³/mol. The first kappa shape index (κ1) is 16.6. The summed E-state index contributed by atoms with van der Waals surface area (Å²) >= 11 is 0. The molecular formula is C17H16F2N2O2. The van der Waals surface area contributed by atoms with Gasteiger partial charge in [0.1, 0.15) is 17.3 Å². The van der Waals surface area contributed by atoms with Crippen LogP contribution in [0.1, 0.15) is 23.2 Å². The van der Waals surface area contributed by atoms with Crippen molar-refractivity contribution in [1.82, 2.24) is 5.32 Å². The molecule has 23 heavy (non-hydrogen) atoms. The van der Waals surface area contributed by atoms with E-state index in [1.807, 2.05) is 6.07 Å². The summed E-state index contributed by atoms with van der Waals surface area (Å²) in [6.45, 7) is 0.293. The third kappa shape index (κ3) is 4.88. The lowest BCUT2D eigenvalue weighted by Gasteiger charge is -2.08. The number of carbonyl (C=O) groups excluding carboxylic acids is 2. The van der Waals surface area contributed by atoms with E-state index >= 15 is 0 Å². The highest BCUT2D eigenvalue weighted by Gasteiger charge is 2.11. The molecule has 0 aromatic heterocycles. The van der Waals surface area contributed by atoms with Gasteiger partial charge < -0.3 is 10.6 Å². The minimum absolute atomic E-state index is 0.0445. The Morgan fingerprint density at radius 2 is 1.57 bits per heavy atom. The minimum Gasteiger partial charge on any atom is -0.352 e. The molecule has 0 heterocycles. The van der Waals surface area contributed by atoms with Crippen LogP contribution in [0.2, 0.25) is 0 Å². The Balaban J connectivity index is 1.74. The topological polar surface area (TPSA) is 58.2 Å². The Morgan fingerprint density at radius 3 is 2.22 bits per heavy atom. The minimum atomic E-state index is -0.823. The van der Waals surface area contributed by atoms with Crippen LogP contribution in [0, 0.1) is 11.6 Å². The molecule has 4 nitrogen and oxygen atoms in total. The van der Waals surface area contributed by atoms with E-state index in [0.717, 1.165) is 12.1 Å². The number of benzene rings is 2. The van der Waals surface area contributed by atoms with Crippen molar-refractivity contribution < 1.29 is 18.4 Å². The molecule has 2 aromatic carbocycles. The molecule has 0 aliphatic carbocycles. The van der Waals surface area contributed by atoms with Gasteiger partial charge in [0.05, 0.1) is 0 Å². The van der Waals surface area contributed by atoms with Crippen molar-refractivity contribution in [1.29, 1.82) is 0 Å². The second-order valence-corrected chi connectivity index (χ2v) is 4.87. The number of halogens is 2. The number of hydrogen-bond donors (Lipinski definition) is 2. The molecule has 6 heteroatoms. The van der Waals surface area contributed by atoms with E-state index in [4.69, 9.17) is 0 Å². The third-order valence-electron chi connectivity index (χ3n) is 3.13. The van der Waals surface area contributed by atoms with Gasteiger partial charge in [-0.15, -0.1) is 0 Å². The van der Waals surface area contributed by atoms with E-state index in [-0.39, 0.29) is 12.3 Å². The quantitative estimate of drug-likeness (QED) is 0.804. The average molecular weight is 318 g/mol. The van der Waals surface area contributed by atoms with E-state index in [0.29, 0.717) is 18.5 Å². The number of para-hydroxylation sites is 1. The highest BCUT2D eigenvalue weighted by Crippen LogP contribution is 2.18. The van der Waals surface area contributed by atoms with Crippen molar-refractivity contribution in [3.8, 4) is 0 Å². The molecule has 0 aliphatic rings. The van der Waals surface area contributed by atoms with Gasteiger partial charge in [-0.1, -0.05) is 24.3 Å². The Kier molecular flexibility index (Phi) is 5.80. The molecule has 0 saturated carbocycles. The van der Waals surface area contributed by atoms with E-state index < -0.39 is 23.2 Å². The smallest absolute Gasteiger partial charge is 0.251 e. The highest BCUT2D eigenvalue weighted by atomic mass is 19.1. The second-order valence-electron chi connectivity index (χ2n) is 4.87.